The van der Waals surface area contributed by atoms with Crippen molar-refractivity contribution < 1.29 is 22.7 Å². The van der Waals surface area contributed by atoms with Crippen LogP contribution in [0.3, 0.4) is 0 Å². The summed E-state index contributed by atoms with van der Waals surface area (Å²) in [5.41, 5.74) is 1.63. The molecule has 0 spiro atoms. The largest absolute Gasteiger partial charge is 0.411 e. The lowest BCUT2D eigenvalue weighted by Crippen LogP contribution is -2.54. The molecule has 1 aliphatic heterocycles. The minimum atomic E-state index is -4.32. The van der Waals surface area contributed by atoms with Crippen molar-refractivity contribution in [1.29, 1.82) is 0 Å². The predicted molar refractivity (Wildman–Crippen MR) is 112 cm³/mol. The molecular weight excluding hydrogens is 411 g/mol. The van der Waals surface area contributed by atoms with Crippen LogP contribution in [0.4, 0.5) is 13.2 Å². The molecule has 3 rings (SSSR count). The maximum atomic E-state index is 12.2. The number of ether oxygens (including phenoxy) is 1. The molecule has 0 radical (unpaired) electrons. The summed E-state index contributed by atoms with van der Waals surface area (Å²) in [5.74, 6) is 0.860. The molecule has 10 heteroatoms. The summed E-state index contributed by atoms with van der Waals surface area (Å²) in [6, 6.07) is 7.66. The summed E-state index contributed by atoms with van der Waals surface area (Å²) in [6.07, 6.45) is -2.15. The fourth-order valence-electron chi connectivity index (χ4n) is 3.45. The zero-order valence-corrected chi connectivity index (χ0v) is 17.7. The van der Waals surface area contributed by atoms with Crippen molar-refractivity contribution in [3.63, 3.8) is 0 Å². The normalized spacial score (nSPS) is 18.2. The lowest BCUT2D eigenvalue weighted by molar-refractivity contribution is -0.176. The third-order valence-electron chi connectivity index (χ3n) is 5.17. The number of rotatable bonds is 8. The van der Waals surface area contributed by atoms with Crippen LogP contribution in [0.5, 0.6) is 0 Å². The molecule has 0 unspecified atom stereocenters. The molecule has 1 saturated heterocycles. The number of hydrogen-bond acceptors (Lipinski definition) is 4. The van der Waals surface area contributed by atoms with Crippen molar-refractivity contribution >= 4 is 11.9 Å². The number of hydrogen-bond donors (Lipinski definition) is 2. The number of carbonyl (C=O) groups excluding carboxylic acids is 1. The van der Waals surface area contributed by atoms with Crippen molar-refractivity contribution in [2.75, 3.05) is 46.4 Å². The second-order valence-electron chi connectivity index (χ2n) is 7.93. The van der Waals surface area contributed by atoms with Crippen molar-refractivity contribution in [2.24, 2.45) is 4.99 Å². The molecule has 0 bridgehead atoms. The van der Waals surface area contributed by atoms with Crippen LogP contribution in [0, 0.1) is 0 Å². The van der Waals surface area contributed by atoms with E-state index < -0.39 is 12.8 Å². The second kappa shape index (κ2) is 10.8. The fourth-order valence-corrected chi connectivity index (χ4v) is 3.45. The van der Waals surface area contributed by atoms with E-state index in [4.69, 9.17) is 4.74 Å². The predicted octanol–water partition coefficient (Wildman–Crippen LogP) is 1.74. The Morgan fingerprint density at radius 3 is 2.55 bits per heavy atom. The van der Waals surface area contributed by atoms with Crippen LogP contribution in [0.15, 0.2) is 29.3 Å². The Morgan fingerprint density at radius 2 is 1.90 bits per heavy atom. The Morgan fingerprint density at radius 1 is 1.19 bits per heavy atom. The zero-order valence-electron chi connectivity index (χ0n) is 17.7. The number of guanidine groups is 1. The molecule has 0 aromatic heterocycles. The maximum absolute atomic E-state index is 12.2. The molecule has 1 aromatic carbocycles. The Bertz CT molecular complexity index is 760. The van der Waals surface area contributed by atoms with Gasteiger partial charge in [-0.3, -0.25) is 14.7 Å². The lowest BCUT2D eigenvalue weighted by atomic mass is 10.1. The van der Waals surface area contributed by atoms with Gasteiger partial charge in [0.15, 0.2) is 5.96 Å². The average molecular weight is 441 g/mol. The molecule has 1 aliphatic carbocycles. The van der Waals surface area contributed by atoms with Gasteiger partial charge >= 0.3 is 6.18 Å². The Labute approximate surface area is 180 Å². The molecule has 2 aliphatic rings. The van der Waals surface area contributed by atoms with Crippen LogP contribution in [-0.4, -0.2) is 80.3 Å². The van der Waals surface area contributed by atoms with Crippen molar-refractivity contribution in [3.8, 4) is 0 Å². The molecule has 172 valence electrons. The molecule has 2 N–H and O–H groups in total. The SMILES string of the molecule is CN=C(NCc1cccc(COCC(F)(F)F)c1)N1CCN(CC(=O)NC2CC2)CC1. The quantitative estimate of drug-likeness (QED) is 0.475. The number of benzene rings is 1. The molecule has 0 atom stereocenters. The summed E-state index contributed by atoms with van der Waals surface area (Å²) >= 11 is 0. The number of amides is 1. The first kappa shape index (κ1) is 23.3. The molecule has 1 amide bonds. The molecular formula is C21H30F3N5O2. The van der Waals surface area contributed by atoms with Crippen LogP contribution in [0.25, 0.3) is 0 Å². The number of alkyl halides is 3. The molecule has 1 aromatic rings. The first-order chi connectivity index (χ1) is 14.8. The van der Waals surface area contributed by atoms with Crippen molar-refractivity contribution in [2.45, 2.75) is 38.2 Å². The third kappa shape index (κ3) is 8.37. The van der Waals surface area contributed by atoms with E-state index in [-0.39, 0.29) is 12.5 Å². The molecule has 31 heavy (non-hydrogen) atoms. The van der Waals surface area contributed by atoms with Gasteiger partial charge in [0.25, 0.3) is 0 Å². The summed E-state index contributed by atoms with van der Waals surface area (Å²) in [5, 5.41) is 6.32. The minimum absolute atomic E-state index is 0.0850. The highest BCUT2D eigenvalue weighted by Gasteiger charge is 2.27. The number of piperazine rings is 1. The van der Waals surface area contributed by atoms with Gasteiger partial charge in [0.05, 0.1) is 13.2 Å². The first-order valence-corrected chi connectivity index (χ1v) is 10.5. The Hall–Kier alpha value is -2.33. The lowest BCUT2D eigenvalue weighted by Gasteiger charge is -2.36. The molecule has 1 saturated carbocycles. The maximum Gasteiger partial charge on any atom is 0.411 e. The third-order valence-corrected chi connectivity index (χ3v) is 5.17. The van der Waals surface area contributed by atoms with Gasteiger partial charge in [-0.2, -0.15) is 13.2 Å². The Kier molecular flexibility index (Phi) is 8.14. The number of aliphatic imine (C=N–C) groups is 1. The number of nitrogens with zero attached hydrogens (tertiary/aromatic N) is 3. The van der Waals surface area contributed by atoms with Gasteiger partial charge in [0.1, 0.15) is 6.61 Å². The van der Waals surface area contributed by atoms with Crippen molar-refractivity contribution in [3.05, 3.63) is 35.4 Å². The zero-order chi connectivity index (χ0) is 22.3. The van der Waals surface area contributed by atoms with Gasteiger partial charge in [0, 0.05) is 45.8 Å². The standard InChI is InChI=1S/C21H30F3N5O2/c1-25-20(29-9-7-28(8-10-29)13-19(30)27-18-5-6-18)26-12-16-3-2-4-17(11-16)14-31-15-21(22,23)24/h2-4,11,18H,5-10,12-15H2,1H3,(H,25,26)(H,27,30). The summed E-state index contributed by atoms with van der Waals surface area (Å²) in [7, 11) is 1.72. The summed E-state index contributed by atoms with van der Waals surface area (Å²) in [6.45, 7) is 2.69. The van der Waals surface area contributed by atoms with E-state index in [9.17, 15) is 18.0 Å². The first-order valence-electron chi connectivity index (χ1n) is 10.5. The van der Waals surface area contributed by atoms with Gasteiger partial charge in [0.2, 0.25) is 5.91 Å². The van der Waals surface area contributed by atoms with Crippen LogP contribution in [0.2, 0.25) is 0 Å². The van der Waals surface area contributed by atoms with E-state index in [1.165, 1.54) is 0 Å². The van der Waals surface area contributed by atoms with Gasteiger partial charge in [-0.1, -0.05) is 24.3 Å². The number of carbonyl (C=O) groups is 1. The number of nitrogens with one attached hydrogen (secondary N) is 2. The van der Waals surface area contributed by atoms with E-state index in [2.05, 4.69) is 25.4 Å². The van der Waals surface area contributed by atoms with Crippen LogP contribution in [-0.2, 0) is 22.7 Å². The number of halogens is 3. The van der Waals surface area contributed by atoms with E-state index in [1.807, 2.05) is 12.1 Å². The second-order valence-corrected chi connectivity index (χ2v) is 7.93. The van der Waals surface area contributed by atoms with Crippen LogP contribution >= 0.6 is 0 Å². The van der Waals surface area contributed by atoms with Gasteiger partial charge in [-0.05, 0) is 24.0 Å². The van der Waals surface area contributed by atoms with E-state index in [0.717, 1.165) is 50.5 Å². The van der Waals surface area contributed by atoms with Gasteiger partial charge in [-0.15, -0.1) is 0 Å². The minimum Gasteiger partial charge on any atom is -0.367 e. The summed E-state index contributed by atoms with van der Waals surface area (Å²) in [4.78, 5) is 20.6. The van der Waals surface area contributed by atoms with Gasteiger partial charge in [-0.25, -0.2) is 0 Å². The molecule has 2 fully saturated rings. The highest BCUT2D eigenvalue weighted by Crippen LogP contribution is 2.18. The smallest absolute Gasteiger partial charge is 0.367 e. The highest BCUT2D eigenvalue weighted by molar-refractivity contribution is 5.80. The summed E-state index contributed by atoms with van der Waals surface area (Å²) < 4.78 is 41.4. The monoisotopic (exact) mass is 441 g/mol. The van der Waals surface area contributed by atoms with E-state index in [0.29, 0.717) is 24.7 Å². The van der Waals surface area contributed by atoms with E-state index in [1.54, 1.807) is 19.2 Å². The van der Waals surface area contributed by atoms with Crippen LogP contribution in [0.1, 0.15) is 24.0 Å². The highest BCUT2D eigenvalue weighted by atomic mass is 19.4. The molecule has 1 heterocycles. The Balaban J connectivity index is 1.41. The topological polar surface area (TPSA) is 69.2 Å². The van der Waals surface area contributed by atoms with E-state index >= 15 is 0 Å². The van der Waals surface area contributed by atoms with Crippen molar-refractivity contribution in [1.82, 2.24) is 20.4 Å². The van der Waals surface area contributed by atoms with Gasteiger partial charge < -0.3 is 20.3 Å². The molecule has 7 nitrogen and oxygen atoms in total. The average Bonchev–Trinajstić information content (AvgIpc) is 3.53. The fraction of sp³-hybridized carbons (Fsp3) is 0.619. The van der Waals surface area contributed by atoms with Crippen LogP contribution < -0.4 is 10.6 Å².